The number of amides is 1. The van der Waals surface area contributed by atoms with Crippen LogP contribution in [0.5, 0.6) is 0 Å². The molecule has 2 unspecified atom stereocenters. The van der Waals surface area contributed by atoms with Gasteiger partial charge in [0.25, 0.3) is 0 Å². The minimum Gasteiger partial charge on any atom is -0.349 e. The van der Waals surface area contributed by atoms with Gasteiger partial charge in [0, 0.05) is 5.41 Å². The Bertz CT molecular complexity index is 460. The van der Waals surface area contributed by atoms with E-state index in [1.807, 2.05) is 20.8 Å². The van der Waals surface area contributed by atoms with Crippen LogP contribution in [0.25, 0.3) is 0 Å². The molecule has 4 aliphatic rings. The summed E-state index contributed by atoms with van der Waals surface area (Å²) in [7, 11) is 0. The van der Waals surface area contributed by atoms with Gasteiger partial charge in [-0.05, 0) is 55.8 Å². The Balaban J connectivity index is 1.69. The van der Waals surface area contributed by atoms with Crippen LogP contribution in [0.2, 0.25) is 0 Å². The second kappa shape index (κ2) is 4.57. The van der Waals surface area contributed by atoms with Crippen molar-refractivity contribution in [3.8, 4) is 0 Å². The normalized spacial score (nSPS) is 41.1. The van der Waals surface area contributed by atoms with Gasteiger partial charge in [-0.15, -0.1) is 0 Å². The quantitative estimate of drug-likeness (QED) is 0.867. The third-order valence-electron chi connectivity index (χ3n) is 6.08. The Kier molecular flexibility index (Phi) is 3.27. The molecule has 0 spiro atoms. The maximum Gasteiger partial charge on any atom is 0.226 e. The van der Waals surface area contributed by atoms with Gasteiger partial charge >= 0.3 is 0 Å². The molecule has 1 N–H and O–H groups in total. The van der Waals surface area contributed by atoms with Crippen molar-refractivity contribution < 1.29 is 9.59 Å². The Morgan fingerprint density at radius 1 is 1.10 bits per heavy atom. The van der Waals surface area contributed by atoms with Crippen LogP contribution >= 0.6 is 0 Å². The van der Waals surface area contributed by atoms with E-state index in [-0.39, 0.29) is 29.1 Å². The molecule has 4 saturated carbocycles. The van der Waals surface area contributed by atoms with Crippen LogP contribution < -0.4 is 5.32 Å². The molecule has 118 valence electrons. The number of ketones is 1. The number of nitrogens with one attached hydrogen (secondary N) is 1. The van der Waals surface area contributed by atoms with Crippen LogP contribution in [0.15, 0.2) is 0 Å². The first-order chi connectivity index (χ1) is 9.62. The summed E-state index contributed by atoms with van der Waals surface area (Å²) < 4.78 is 0. The van der Waals surface area contributed by atoms with Gasteiger partial charge in [0.05, 0.1) is 12.0 Å². The molecule has 0 aromatic carbocycles. The topological polar surface area (TPSA) is 46.2 Å². The van der Waals surface area contributed by atoms with E-state index in [9.17, 15) is 9.59 Å². The van der Waals surface area contributed by atoms with E-state index in [2.05, 4.69) is 12.2 Å². The first kappa shape index (κ1) is 15.1. The molecule has 4 bridgehead atoms. The third-order valence-corrected chi connectivity index (χ3v) is 6.08. The molecule has 3 heteroatoms. The molecule has 2 atom stereocenters. The number of carbonyl (C=O) groups excluding carboxylic acids is 2. The minimum atomic E-state index is -0.374. The number of Topliss-reactive ketones (excluding diaryl/α,β-unsaturated/α-hetero) is 1. The standard InChI is InChI=1S/C18H29NO2/c1-16(2,3)14(20)10-19-15(21)18-8-12-5-13(9-18)7-17(4,6-12)11-18/h12-13H,5-11H2,1-4H3,(H,19,21). The predicted molar refractivity (Wildman–Crippen MR) is 82.7 cm³/mol. The van der Waals surface area contributed by atoms with Crippen molar-refractivity contribution in [2.24, 2.45) is 28.1 Å². The highest BCUT2D eigenvalue weighted by molar-refractivity contribution is 5.91. The average molecular weight is 291 g/mol. The van der Waals surface area contributed by atoms with Crippen molar-refractivity contribution >= 4 is 11.7 Å². The lowest BCUT2D eigenvalue weighted by Gasteiger charge is -2.60. The highest BCUT2D eigenvalue weighted by Crippen LogP contribution is 2.65. The van der Waals surface area contributed by atoms with Gasteiger partial charge in [0.15, 0.2) is 5.78 Å². The fourth-order valence-electron chi connectivity index (χ4n) is 5.60. The van der Waals surface area contributed by atoms with Crippen LogP contribution in [0.4, 0.5) is 0 Å². The largest absolute Gasteiger partial charge is 0.349 e. The van der Waals surface area contributed by atoms with E-state index >= 15 is 0 Å². The molecule has 21 heavy (non-hydrogen) atoms. The van der Waals surface area contributed by atoms with Crippen LogP contribution in [-0.4, -0.2) is 18.2 Å². The lowest BCUT2D eigenvalue weighted by Crippen LogP contribution is -2.57. The van der Waals surface area contributed by atoms with E-state index < -0.39 is 0 Å². The van der Waals surface area contributed by atoms with E-state index in [4.69, 9.17) is 0 Å². The summed E-state index contributed by atoms with van der Waals surface area (Å²) in [5.74, 6) is 1.74. The first-order valence-corrected chi connectivity index (χ1v) is 8.44. The summed E-state index contributed by atoms with van der Waals surface area (Å²) in [5.41, 5.74) is -0.173. The Morgan fingerprint density at radius 2 is 1.67 bits per heavy atom. The zero-order valence-corrected chi connectivity index (χ0v) is 13.9. The predicted octanol–water partition coefficient (Wildman–Crippen LogP) is 3.32. The molecule has 3 nitrogen and oxygen atoms in total. The molecule has 0 saturated heterocycles. The molecule has 0 aromatic heterocycles. The van der Waals surface area contributed by atoms with Crippen LogP contribution in [0.1, 0.15) is 66.2 Å². The van der Waals surface area contributed by atoms with Gasteiger partial charge in [-0.25, -0.2) is 0 Å². The van der Waals surface area contributed by atoms with Crippen molar-refractivity contribution in [1.29, 1.82) is 0 Å². The Labute approximate surface area is 128 Å². The molecular formula is C18H29NO2. The smallest absolute Gasteiger partial charge is 0.226 e. The highest BCUT2D eigenvalue weighted by atomic mass is 16.2. The van der Waals surface area contributed by atoms with E-state index in [0.717, 1.165) is 31.1 Å². The van der Waals surface area contributed by atoms with E-state index in [0.29, 0.717) is 5.41 Å². The maximum atomic E-state index is 12.8. The zero-order chi connectivity index (χ0) is 15.5. The van der Waals surface area contributed by atoms with Gasteiger partial charge in [0.1, 0.15) is 0 Å². The van der Waals surface area contributed by atoms with Crippen molar-refractivity contribution in [3.63, 3.8) is 0 Å². The fraction of sp³-hybridized carbons (Fsp3) is 0.889. The number of carbonyl (C=O) groups is 2. The van der Waals surface area contributed by atoms with Crippen LogP contribution in [0, 0.1) is 28.1 Å². The molecule has 1 amide bonds. The zero-order valence-electron chi connectivity index (χ0n) is 13.9. The molecule has 0 aromatic rings. The van der Waals surface area contributed by atoms with Crippen LogP contribution in [0.3, 0.4) is 0 Å². The van der Waals surface area contributed by atoms with Gasteiger partial charge < -0.3 is 5.32 Å². The molecular weight excluding hydrogens is 262 g/mol. The fourth-order valence-corrected chi connectivity index (χ4v) is 5.60. The van der Waals surface area contributed by atoms with Gasteiger partial charge in [-0.3, -0.25) is 9.59 Å². The van der Waals surface area contributed by atoms with Crippen molar-refractivity contribution in [1.82, 2.24) is 5.32 Å². The second-order valence-electron chi connectivity index (χ2n) is 9.41. The lowest BCUT2D eigenvalue weighted by atomic mass is 9.44. The molecule has 4 fully saturated rings. The maximum absolute atomic E-state index is 12.8. The van der Waals surface area contributed by atoms with E-state index in [1.54, 1.807) is 0 Å². The third kappa shape index (κ3) is 2.64. The van der Waals surface area contributed by atoms with Gasteiger partial charge in [0.2, 0.25) is 5.91 Å². The monoisotopic (exact) mass is 291 g/mol. The number of hydrogen-bond acceptors (Lipinski definition) is 2. The minimum absolute atomic E-state index is 0.117. The molecule has 0 radical (unpaired) electrons. The molecule has 4 aliphatic carbocycles. The van der Waals surface area contributed by atoms with E-state index in [1.165, 1.54) is 19.3 Å². The Morgan fingerprint density at radius 3 is 2.14 bits per heavy atom. The van der Waals surface area contributed by atoms with Gasteiger partial charge in [-0.2, -0.15) is 0 Å². The van der Waals surface area contributed by atoms with Crippen LogP contribution in [-0.2, 0) is 9.59 Å². The average Bonchev–Trinajstić information content (AvgIpc) is 2.31. The summed E-state index contributed by atoms with van der Waals surface area (Å²) >= 11 is 0. The second-order valence-corrected chi connectivity index (χ2v) is 9.41. The summed E-state index contributed by atoms with van der Waals surface area (Å²) in [6.45, 7) is 8.29. The number of hydrogen-bond donors (Lipinski definition) is 1. The summed E-state index contributed by atoms with van der Waals surface area (Å²) in [6, 6.07) is 0. The number of rotatable bonds is 3. The Hall–Kier alpha value is -0.860. The first-order valence-electron chi connectivity index (χ1n) is 8.44. The SMILES string of the molecule is CC12CC3CC(C1)CC(C(=O)NCC(=O)C(C)(C)C)(C3)C2. The highest BCUT2D eigenvalue weighted by Gasteiger charge is 2.58. The molecule has 4 rings (SSSR count). The lowest BCUT2D eigenvalue weighted by molar-refractivity contribution is -0.156. The molecule has 0 aliphatic heterocycles. The van der Waals surface area contributed by atoms with Crippen molar-refractivity contribution in [2.45, 2.75) is 66.2 Å². The summed E-state index contributed by atoms with van der Waals surface area (Å²) in [6.07, 6.45) is 7.07. The molecule has 0 heterocycles. The summed E-state index contributed by atoms with van der Waals surface area (Å²) in [4.78, 5) is 24.9. The van der Waals surface area contributed by atoms with Crippen molar-refractivity contribution in [3.05, 3.63) is 0 Å². The van der Waals surface area contributed by atoms with Gasteiger partial charge in [-0.1, -0.05) is 27.7 Å². The summed E-state index contributed by atoms with van der Waals surface area (Å²) in [5, 5.41) is 2.97. The van der Waals surface area contributed by atoms with Crippen molar-refractivity contribution in [2.75, 3.05) is 6.54 Å².